The summed E-state index contributed by atoms with van der Waals surface area (Å²) in [6.07, 6.45) is 3.35. The molecule has 200 valence electrons. The van der Waals surface area contributed by atoms with Crippen molar-refractivity contribution in [3.8, 4) is 23.0 Å². The summed E-state index contributed by atoms with van der Waals surface area (Å²) < 4.78 is 29.5. The molecule has 0 aliphatic carbocycles. The number of sulfonamides is 1. The highest BCUT2D eigenvalue weighted by molar-refractivity contribution is 7.89. The highest BCUT2D eigenvalue weighted by atomic mass is 32.2. The molecular formula is C30H26N6O3S. The van der Waals surface area contributed by atoms with E-state index in [1.165, 1.54) is 4.31 Å². The molecular weight excluding hydrogens is 524 g/mol. The standard InChI is InChI=1S/C30H26N6O3S/c1-3-35(4-2)40(38,39)25-14-10-11-21(18-25)28-23(20-36(34-28)24-12-6-5-7-13-24)17-22(19-31)29-32-27-16-9-8-15-26(27)30(37)33-29/h5-18,20H,3-4H2,1-2H3,(H,32,33,37). The predicted octanol–water partition coefficient (Wildman–Crippen LogP) is 4.87. The van der Waals surface area contributed by atoms with E-state index in [-0.39, 0.29) is 21.9 Å². The summed E-state index contributed by atoms with van der Waals surface area (Å²) >= 11 is 0. The van der Waals surface area contributed by atoms with Crippen LogP contribution in [0.5, 0.6) is 0 Å². The molecule has 10 heteroatoms. The zero-order valence-corrected chi connectivity index (χ0v) is 22.8. The second-order valence-electron chi connectivity index (χ2n) is 8.93. The number of hydrogen-bond acceptors (Lipinski definition) is 6. The van der Waals surface area contributed by atoms with Gasteiger partial charge in [-0.25, -0.2) is 18.1 Å². The minimum absolute atomic E-state index is 0.127. The molecule has 9 nitrogen and oxygen atoms in total. The molecule has 0 aliphatic heterocycles. The van der Waals surface area contributed by atoms with Crippen LogP contribution < -0.4 is 5.56 Å². The van der Waals surface area contributed by atoms with E-state index in [4.69, 9.17) is 5.10 Å². The average Bonchev–Trinajstić information content (AvgIpc) is 3.41. The third kappa shape index (κ3) is 5.08. The first-order valence-electron chi connectivity index (χ1n) is 12.7. The summed E-state index contributed by atoms with van der Waals surface area (Å²) in [7, 11) is -3.70. The Morgan fingerprint density at radius 1 is 1.02 bits per heavy atom. The number of aromatic nitrogens is 4. The Kier molecular flexibility index (Phi) is 7.42. The number of nitrogens with one attached hydrogen (secondary N) is 1. The van der Waals surface area contributed by atoms with Gasteiger partial charge in [-0.2, -0.15) is 14.7 Å². The Bertz CT molecular complexity index is 1930. The molecule has 0 aliphatic rings. The number of para-hydroxylation sites is 2. The van der Waals surface area contributed by atoms with Crippen molar-refractivity contribution in [2.45, 2.75) is 18.7 Å². The molecule has 0 unspecified atom stereocenters. The fourth-order valence-corrected chi connectivity index (χ4v) is 5.97. The number of benzene rings is 3. The van der Waals surface area contributed by atoms with E-state index in [2.05, 4.69) is 16.0 Å². The van der Waals surface area contributed by atoms with Crippen molar-refractivity contribution in [1.82, 2.24) is 24.1 Å². The third-order valence-electron chi connectivity index (χ3n) is 6.50. The monoisotopic (exact) mass is 550 g/mol. The topological polar surface area (TPSA) is 125 Å². The summed E-state index contributed by atoms with van der Waals surface area (Å²) in [5, 5.41) is 15.3. The van der Waals surface area contributed by atoms with Gasteiger partial charge in [0, 0.05) is 30.4 Å². The molecule has 1 N–H and O–H groups in total. The number of aromatic amines is 1. The highest BCUT2D eigenvalue weighted by Crippen LogP contribution is 2.29. The zero-order chi connectivity index (χ0) is 28.3. The zero-order valence-electron chi connectivity index (χ0n) is 21.9. The Labute approximate surface area is 231 Å². The maximum Gasteiger partial charge on any atom is 0.259 e. The van der Waals surface area contributed by atoms with Crippen LogP contribution in [0.3, 0.4) is 0 Å². The van der Waals surface area contributed by atoms with Crippen LogP contribution >= 0.6 is 0 Å². The summed E-state index contributed by atoms with van der Waals surface area (Å²) in [4.78, 5) is 20.0. The summed E-state index contributed by atoms with van der Waals surface area (Å²) in [6.45, 7) is 4.29. The van der Waals surface area contributed by atoms with Crippen LogP contribution in [0.4, 0.5) is 0 Å². The van der Waals surface area contributed by atoms with Gasteiger partial charge in [-0.15, -0.1) is 0 Å². The lowest BCUT2D eigenvalue weighted by atomic mass is 10.1. The molecule has 0 bridgehead atoms. The molecule has 5 rings (SSSR count). The van der Waals surface area contributed by atoms with Crippen LogP contribution in [0, 0.1) is 11.3 Å². The molecule has 0 atom stereocenters. The summed E-state index contributed by atoms with van der Waals surface area (Å²) in [5.41, 5.74) is 2.61. The van der Waals surface area contributed by atoms with Gasteiger partial charge in [-0.1, -0.05) is 56.3 Å². The van der Waals surface area contributed by atoms with Crippen LogP contribution in [0.25, 0.3) is 39.5 Å². The van der Waals surface area contributed by atoms with Crippen molar-refractivity contribution in [3.05, 3.63) is 107 Å². The second-order valence-corrected chi connectivity index (χ2v) is 10.9. The molecule has 3 aromatic carbocycles. The Balaban J connectivity index is 1.69. The Morgan fingerprint density at radius 3 is 2.48 bits per heavy atom. The van der Waals surface area contributed by atoms with E-state index in [0.717, 1.165) is 5.69 Å². The lowest BCUT2D eigenvalue weighted by Crippen LogP contribution is -2.30. The molecule has 0 spiro atoms. The first kappa shape index (κ1) is 26.7. The van der Waals surface area contributed by atoms with E-state index in [1.807, 2.05) is 30.3 Å². The molecule has 0 saturated carbocycles. The quantitative estimate of drug-likeness (QED) is 0.275. The fraction of sp³-hybridized carbons (Fsp3) is 0.133. The molecule has 0 saturated heterocycles. The average molecular weight is 551 g/mol. The predicted molar refractivity (Wildman–Crippen MR) is 155 cm³/mol. The van der Waals surface area contributed by atoms with Gasteiger partial charge in [0.1, 0.15) is 11.8 Å². The number of H-pyrrole nitrogens is 1. The van der Waals surface area contributed by atoms with Gasteiger partial charge in [0.15, 0.2) is 5.82 Å². The van der Waals surface area contributed by atoms with E-state index < -0.39 is 10.0 Å². The molecule has 5 aromatic rings. The Hall–Kier alpha value is -4.85. The minimum Gasteiger partial charge on any atom is -0.305 e. The van der Waals surface area contributed by atoms with Crippen molar-refractivity contribution >= 4 is 32.6 Å². The first-order chi connectivity index (χ1) is 19.3. The van der Waals surface area contributed by atoms with Crippen LogP contribution in [0.1, 0.15) is 25.2 Å². The number of nitrogens with zero attached hydrogens (tertiary/aromatic N) is 5. The van der Waals surface area contributed by atoms with Crippen LogP contribution in [-0.2, 0) is 10.0 Å². The maximum absolute atomic E-state index is 13.2. The van der Waals surface area contributed by atoms with Gasteiger partial charge in [-0.05, 0) is 42.5 Å². The Morgan fingerprint density at radius 2 is 1.75 bits per heavy atom. The smallest absolute Gasteiger partial charge is 0.259 e. The van der Waals surface area contributed by atoms with Crippen molar-refractivity contribution in [1.29, 1.82) is 5.26 Å². The first-order valence-corrected chi connectivity index (χ1v) is 14.2. The number of rotatable bonds is 8. The summed E-state index contributed by atoms with van der Waals surface area (Å²) in [6, 6.07) is 25.1. The van der Waals surface area contributed by atoms with Gasteiger partial charge in [0.2, 0.25) is 10.0 Å². The maximum atomic E-state index is 13.2. The van der Waals surface area contributed by atoms with Gasteiger partial charge in [0.25, 0.3) is 5.56 Å². The molecule has 2 aromatic heterocycles. The summed E-state index contributed by atoms with van der Waals surface area (Å²) in [5.74, 6) is 0.127. The SMILES string of the molecule is CCN(CC)S(=O)(=O)c1cccc(-c2nn(-c3ccccc3)cc2C=C(C#N)c2nc3ccccc3c(=O)[nH]2)c1. The highest BCUT2D eigenvalue weighted by Gasteiger charge is 2.23. The second kappa shape index (κ2) is 11.1. The van der Waals surface area contributed by atoms with Crippen molar-refractivity contribution in [3.63, 3.8) is 0 Å². The van der Waals surface area contributed by atoms with Gasteiger partial charge in [0.05, 0.1) is 27.1 Å². The number of nitriles is 1. The number of hydrogen-bond donors (Lipinski definition) is 1. The number of allylic oxidation sites excluding steroid dienone is 1. The van der Waals surface area contributed by atoms with Gasteiger partial charge >= 0.3 is 0 Å². The van der Waals surface area contributed by atoms with Gasteiger partial charge in [-0.3, -0.25) is 4.79 Å². The van der Waals surface area contributed by atoms with Crippen LogP contribution in [-0.4, -0.2) is 45.6 Å². The van der Waals surface area contributed by atoms with Crippen LogP contribution in [0.15, 0.2) is 94.7 Å². The molecule has 0 radical (unpaired) electrons. The normalized spacial score (nSPS) is 12.1. The van der Waals surface area contributed by atoms with E-state index in [1.54, 1.807) is 79.3 Å². The van der Waals surface area contributed by atoms with Crippen LogP contribution in [0.2, 0.25) is 0 Å². The molecule has 0 amide bonds. The largest absolute Gasteiger partial charge is 0.305 e. The molecule has 0 fully saturated rings. The lowest BCUT2D eigenvalue weighted by molar-refractivity contribution is 0.445. The number of fused-ring (bicyclic) bond motifs is 1. The van der Waals surface area contributed by atoms with Crippen molar-refractivity contribution in [2.75, 3.05) is 13.1 Å². The van der Waals surface area contributed by atoms with Crippen molar-refractivity contribution in [2.24, 2.45) is 0 Å². The lowest BCUT2D eigenvalue weighted by Gasteiger charge is -2.18. The fourth-order valence-electron chi connectivity index (χ4n) is 4.47. The van der Waals surface area contributed by atoms with E-state index >= 15 is 0 Å². The van der Waals surface area contributed by atoms with E-state index in [9.17, 15) is 18.5 Å². The van der Waals surface area contributed by atoms with Gasteiger partial charge < -0.3 is 4.98 Å². The minimum atomic E-state index is -3.70. The van der Waals surface area contributed by atoms with E-state index in [0.29, 0.717) is 40.8 Å². The van der Waals surface area contributed by atoms with Crippen molar-refractivity contribution < 1.29 is 8.42 Å². The molecule has 40 heavy (non-hydrogen) atoms. The molecule has 2 heterocycles. The third-order valence-corrected chi connectivity index (χ3v) is 8.55.